The van der Waals surface area contributed by atoms with Crippen LogP contribution < -0.4 is 11.1 Å². The summed E-state index contributed by atoms with van der Waals surface area (Å²) in [5.74, 6) is 0.226. The second kappa shape index (κ2) is 4.97. The van der Waals surface area contributed by atoms with Gasteiger partial charge in [-0.25, -0.2) is 14.8 Å². The number of aromatic nitrogens is 2. The molecule has 0 fully saturated rings. The number of nitrogens with zero attached hydrogens (tertiary/aromatic N) is 3. The first-order valence-corrected chi connectivity index (χ1v) is 6.41. The first kappa shape index (κ1) is 12.7. The molecule has 7 heteroatoms. The van der Waals surface area contributed by atoms with Gasteiger partial charge in [-0.1, -0.05) is 11.6 Å². The highest BCUT2D eigenvalue weighted by Crippen LogP contribution is 2.22. The highest BCUT2D eigenvalue weighted by atomic mass is 35.5. The molecule has 1 aliphatic rings. The number of fused-ring (bicyclic) bond motifs is 1. The summed E-state index contributed by atoms with van der Waals surface area (Å²) in [6.07, 6.45) is 1.66. The fraction of sp³-hybridized carbons (Fsp3) is 0.154. The minimum absolute atomic E-state index is 0.191. The number of hydrogen-bond acceptors (Lipinski definition) is 4. The number of carbonyl (C=O) groups excluding carboxylic acids is 1. The van der Waals surface area contributed by atoms with Crippen molar-refractivity contribution in [2.45, 2.75) is 13.1 Å². The van der Waals surface area contributed by atoms with E-state index in [2.05, 4.69) is 15.3 Å². The van der Waals surface area contributed by atoms with Crippen LogP contribution >= 0.6 is 11.6 Å². The molecule has 0 unspecified atom stereocenters. The van der Waals surface area contributed by atoms with Gasteiger partial charge in [-0.15, -0.1) is 0 Å². The van der Waals surface area contributed by atoms with E-state index >= 15 is 0 Å². The molecule has 0 aliphatic carbocycles. The molecule has 102 valence electrons. The Kier molecular flexibility index (Phi) is 3.15. The summed E-state index contributed by atoms with van der Waals surface area (Å²) in [4.78, 5) is 21.9. The standard InChI is InChI=1S/C13H12ClN5O/c14-9-1-3-10(4-2-9)17-13(20)19-6-8-5-16-12(15)18-11(8)7-19/h1-5H,6-7H2,(H,17,20)(H2,15,16,18). The molecular formula is C13H12ClN5O. The van der Waals surface area contributed by atoms with Crippen LogP contribution in [-0.4, -0.2) is 20.9 Å². The number of amides is 2. The van der Waals surface area contributed by atoms with E-state index in [-0.39, 0.29) is 12.0 Å². The molecular weight excluding hydrogens is 278 g/mol. The number of anilines is 2. The maximum absolute atomic E-state index is 12.2. The van der Waals surface area contributed by atoms with Crippen LogP contribution in [0.2, 0.25) is 5.02 Å². The Morgan fingerprint density at radius 1 is 1.30 bits per heavy atom. The summed E-state index contributed by atoms with van der Waals surface area (Å²) in [7, 11) is 0. The molecule has 0 bridgehead atoms. The second-order valence-electron chi connectivity index (χ2n) is 4.49. The topological polar surface area (TPSA) is 84.1 Å². The molecule has 2 aromatic rings. The van der Waals surface area contributed by atoms with Gasteiger partial charge < -0.3 is 16.0 Å². The van der Waals surface area contributed by atoms with Crippen molar-refractivity contribution in [3.8, 4) is 0 Å². The van der Waals surface area contributed by atoms with Gasteiger partial charge >= 0.3 is 6.03 Å². The molecule has 1 aromatic carbocycles. The number of rotatable bonds is 1. The monoisotopic (exact) mass is 289 g/mol. The van der Waals surface area contributed by atoms with Crippen LogP contribution in [0.1, 0.15) is 11.3 Å². The fourth-order valence-corrected chi connectivity index (χ4v) is 2.17. The van der Waals surface area contributed by atoms with Crippen molar-refractivity contribution in [2.24, 2.45) is 0 Å². The number of urea groups is 1. The summed E-state index contributed by atoms with van der Waals surface area (Å²) in [6.45, 7) is 0.913. The van der Waals surface area contributed by atoms with E-state index in [1.54, 1.807) is 35.4 Å². The van der Waals surface area contributed by atoms with E-state index in [9.17, 15) is 4.79 Å². The van der Waals surface area contributed by atoms with Crippen molar-refractivity contribution in [2.75, 3.05) is 11.1 Å². The van der Waals surface area contributed by atoms with E-state index in [1.165, 1.54) is 0 Å². The molecule has 6 nitrogen and oxygen atoms in total. The third kappa shape index (κ3) is 2.50. The molecule has 3 rings (SSSR count). The Hall–Kier alpha value is -2.34. The van der Waals surface area contributed by atoms with Crippen LogP contribution in [0.4, 0.5) is 16.4 Å². The van der Waals surface area contributed by atoms with Crippen LogP contribution in [0.25, 0.3) is 0 Å². The van der Waals surface area contributed by atoms with E-state index in [0.29, 0.717) is 23.8 Å². The third-order valence-corrected chi connectivity index (χ3v) is 3.31. The molecule has 0 spiro atoms. The quantitative estimate of drug-likeness (QED) is 0.843. The largest absolute Gasteiger partial charge is 0.368 e. The van der Waals surface area contributed by atoms with Gasteiger partial charge in [0.1, 0.15) is 0 Å². The number of nitrogen functional groups attached to an aromatic ring is 1. The molecule has 20 heavy (non-hydrogen) atoms. The SMILES string of the molecule is Nc1ncc2c(n1)CN(C(=O)Nc1ccc(Cl)cc1)C2. The second-order valence-corrected chi connectivity index (χ2v) is 4.93. The molecule has 1 aromatic heterocycles. The molecule has 2 heterocycles. The minimum atomic E-state index is -0.191. The molecule has 0 atom stereocenters. The summed E-state index contributed by atoms with van der Waals surface area (Å²) in [6, 6.07) is 6.76. The van der Waals surface area contributed by atoms with Gasteiger partial charge in [-0.05, 0) is 24.3 Å². The van der Waals surface area contributed by atoms with Crippen molar-refractivity contribution in [1.82, 2.24) is 14.9 Å². The lowest BCUT2D eigenvalue weighted by Gasteiger charge is -2.16. The summed E-state index contributed by atoms with van der Waals surface area (Å²) in [5, 5.41) is 3.44. The van der Waals surface area contributed by atoms with E-state index in [1.807, 2.05) is 0 Å². The summed E-state index contributed by atoms with van der Waals surface area (Å²) < 4.78 is 0. The van der Waals surface area contributed by atoms with Gasteiger partial charge in [0.15, 0.2) is 0 Å². The van der Waals surface area contributed by atoms with Gasteiger partial charge in [0, 0.05) is 22.5 Å². The number of benzene rings is 1. The Morgan fingerprint density at radius 2 is 2.05 bits per heavy atom. The predicted molar refractivity (Wildman–Crippen MR) is 76.2 cm³/mol. The van der Waals surface area contributed by atoms with Gasteiger partial charge in [0.25, 0.3) is 0 Å². The number of nitrogens with one attached hydrogen (secondary N) is 1. The van der Waals surface area contributed by atoms with Crippen molar-refractivity contribution in [1.29, 1.82) is 0 Å². The molecule has 3 N–H and O–H groups in total. The Labute approximate surface area is 120 Å². The number of carbonyl (C=O) groups is 1. The third-order valence-electron chi connectivity index (χ3n) is 3.06. The zero-order chi connectivity index (χ0) is 14.1. The van der Waals surface area contributed by atoms with Crippen molar-refractivity contribution in [3.05, 3.63) is 46.7 Å². The summed E-state index contributed by atoms with van der Waals surface area (Å²) >= 11 is 5.80. The number of nitrogens with two attached hydrogens (primary N) is 1. The lowest BCUT2D eigenvalue weighted by atomic mass is 10.3. The average molecular weight is 290 g/mol. The first-order chi connectivity index (χ1) is 9.61. The predicted octanol–water partition coefficient (Wildman–Crippen LogP) is 2.26. The zero-order valence-electron chi connectivity index (χ0n) is 10.5. The fourth-order valence-electron chi connectivity index (χ4n) is 2.05. The van der Waals surface area contributed by atoms with Crippen LogP contribution in [0, 0.1) is 0 Å². The molecule has 0 radical (unpaired) electrons. The normalized spacial score (nSPS) is 13.2. The maximum atomic E-state index is 12.2. The highest BCUT2D eigenvalue weighted by Gasteiger charge is 2.25. The van der Waals surface area contributed by atoms with Crippen molar-refractivity contribution >= 4 is 29.3 Å². The summed E-state index contributed by atoms with van der Waals surface area (Å²) in [5.41, 5.74) is 7.95. The van der Waals surface area contributed by atoms with Crippen LogP contribution in [0.5, 0.6) is 0 Å². The Bertz CT molecular complexity index is 658. The van der Waals surface area contributed by atoms with Gasteiger partial charge in [-0.3, -0.25) is 0 Å². The lowest BCUT2D eigenvalue weighted by molar-refractivity contribution is 0.212. The average Bonchev–Trinajstić information content (AvgIpc) is 2.84. The van der Waals surface area contributed by atoms with Gasteiger partial charge in [0.05, 0.1) is 18.8 Å². The van der Waals surface area contributed by atoms with E-state index in [0.717, 1.165) is 11.3 Å². The van der Waals surface area contributed by atoms with E-state index < -0.39 is 0 Å². The van der Waals surface area contributed by atoms with Gasteiger partial charge in [0.2, 0.25) is 5.95 Å². The van der Waals surface area contributed by atoms with E-state index in [4.69, 9.17) is 17.3 Å². The van der Waals surface area contributed by atoms with Crippen molar-refractivity contribution < 1.29 is 4.79 Å². The number of hydrogen-bond donors (Lipinski definition) is 2. The maximum Gasteiger partial charge on any atom is 0.322 e. The Balaban J connectivity index is 1.69. The molecule has 1 aliphatic heterocycles. The highest BCUT2D eigenvalue weighted by molar-refractivity contribution is 6.30. The smallest absolute Gasteiger partial charge is 0.322 e. The van der Waals surface area contributed by atoms with Crippen LogP contribution in [0.15, 0.2) is 30.5 Å². The molecule has 0 saturated heterocycles. The zero-order valence-corrected chi connectivity index (χ0v) is 11.3. The van der Waals surface area contributed by atoms with Gasteiger partial charge in [-0.2, -0.15) is 0 Å². The minimum Gasteiger partial charge on any atom is -0.368 e. The van der Waals surface area contributed by atoms with Crippen LogP contribution in [-0.2, 0) is 13.1 Å². The Morgan fingerprint density at radius 3 is 2.80 bits per heavy atom. The lowest BCUT2D eigenvalue weighted by Crippen LogP contribution is -2.30. The molecule has 0 saturated carbocycles. The first-order valence-electron chi connectivity index (χ1n) is 6.03. The van der Waals surface area contributed by atoms with Crippen molar-refractivity contribution in [3.63, 3.8) is 0 Å². The number of halogens is 1. The van der Waals surface area contributed by atoms with Crippen LogP contribution in [0.3, 0.4) is 0 Å². The molecule has 2 amide bonds.